The zero-order valence-corrected chi connectivity index (χ0v) is 9.45. The Morgan fingerprint density at radius 3 is 2.82 bits per heavy atom. The second-order valence-electron chi connectivity index (χ2n) is 3.12. The average Bonchev–Trinajstić information content (AvgIpc) is 2.32. The zero-order chi connectivity index (χ0) is 12.4. The summed E-state index contributed by atoms with van der Waals surface area (Å²) in [6.45, 7) is 0. The quantitative estimate of drug-likeness (QED) is 0.886. The maximum Gasteiger partial charge on any atom is 0.351 e. The second kappa shape index (κ2) is 4.50. The van der Waals surface area contributed by atoms with E-state index in [4.69, 9.17) is 16.3 Å². The molecule has 1 N–H and O–H groups in total. The van der Waals surface area contributed by atoms with E-state index in [1.807, 2.05) is 0 Å². The molecule has 0 aliphatic heterocycles. The molecule has 0 spiro atoms. The van der Waals surface area contributed by atoms with Crippen LogP contribution in [0.15, 0.2) is 23.0 Å². The van der Waals surface area contributed by atoms with Gasteiger partial charge in [0.05, 0.1) is 12.1 Å². The third kappa shape index (κ3) is 2.42. The Bertz CT molecular complexity index is 615. The van der Waals surface area contributed by atoms with Gasteiger partial charge in [0, 0.05) is 5.56 Å². The Morgan fingerprint density at radius 1 is 1.41 bits per heavy atom. The number of nitrogens with one attached hydrogen (secondary N) is 1. The summed E-state index contributed by atoms with van der Waals surface area (Å²) in [7, 11) is 1.34. The van der Waals surface area contributed by atoms with Crippen LogP contribution >= 0.6 is 11.6 Å². The molecule has 0 saturated carbocycles. The number of aromatic amines is 1. The first-order valence-electron chi connectivity index (χ1n) is 4.58. The number of rotatable bonds is 2. The van der Waals surface area contributed by atoms with Crippen molar-refractivity contribution in [3.8, 4) is 17.4 Å². The molecule has 0 aliphatic rings. The molecule has 0 amide bonds. The van der Waals surface area contributed by atoms with Crippen molar-refractivity contribution in [1.29, 1.82) is 0 Å². The highest BCUT2D eigenvalue weighted by Crippen LogP contribution is 2.22. The van der Waals surface area contributed by atoms with Crippen LogP contribution in [0.25, 0.3) is 11.4 Å². The normalized spacial score (nSPS) is 10.3. The number of benzene rings is 1. The standard InChI is InChI=1S/C10H7ClFN3O2/c1-17-10-14-8(13-9(16)15-10)5-2-3-7(12)6(11)4-5/h2-4H,1H3,(H,13,14,15,16). The summed E-state index contributed by atoms with van der Waals surface area (Å²) in [5, 5.41) is -0.0547. The van der Waals surface area contributed by atoms with Crippen LogP contribution in [0.4, 0.5) is 4.39 Å². The predicted octanol–water partition coefficient (Wildman–Crippen LogP) is 1.63. The third-order valence-electron chi connectivity index (χ3n) is 2.01. The van der Waals surface area contributed by atoms with E-state index in [9.17, 15) is 9.18 Å². The topological polar surface area (TPSA) is 67.9 Å². The molecule has 0 radical (unpaired) electrons. The van der Waals surface area contributed by atoms with Gasteiger partial charge < -0.3 is 4.74 Å². The zero-order valence-electron chi connectivity index (χ0n) is 8.70. The fourth-order valence-corrected chi connectivity index (χ4v) is 1.42. The molecular weight excluding hydrogens is 249 g/mol. The van der Waals surface area contributed by atoms with Gasteiger partial charge in [0.15, 0.2) is 0 Å². The number of hydrogen-bond donors (Lipinski definition) is 1. The van der Waals surface area contributed by atoms with E-state index < -0.39 is 11.5 Å². The van der Waals surface area contributed by atoms with E-state index in [1.165, 1.54) is 25.3 Å². The maximum absolute atomic E-state index is 13.0. The second-order valence-corrected chi connectivity index (χ2v) is 3.53. The van der Waals surface area contributed by atoms with Crippen LogP contribution in [0, 0.1) is 5.82 Å². The van der Waals surface area contributed by atoms with E-state index in [1.54, 1.807) is 0 Å². The minimum atomic E-state index is -0.604. The lowest BCUT2D eigenvalue weighted by atomic mass is 10.2. The van der Waals surface area contributed by atoms with E-state index in [-0.39, 0.29) is 16.9 Å². The van der Waals surface area contributed by atoms with Gasteiger partial charge in [-0.25, -0.2) is 9.18 Å². The van der Waals surface area contributed by atoms with Crippen LogP contribution in [-0.4, -0.2) is 22.1 Å². The van der Waals surface area contributed by atoms with Gasteiger partial charge in [0.1, 0.15) is 11.6 Å². The van der Waals surface area contributed by atoms with Crippen molar-refractivity contribution in [1.82, 2.24) is 15.0 Å². The van der Waals surface area contributed by atoms with Crippen molar-refractivity contribution in [2.45, 2.75) is 0 Å². The molecule has 0 unspecified atom stereocenters. The molecule has 17 heavy (non-hydrogen) atoms. The number of hydrogen-bond acceptors (Lipinski definition) is 4. The molecule has 88 valence electrons. The van der Waals surface area contributed by atoms with E-state index in [2.05, 4.69) is 15.0 Å². The van der Waals surface area contributed by atoms with Crippen molar-refractivity contribution in [2.75, 3.05) is 7.11 Å². The lowest BCUT2D eigenvalue weighted by Gasteiger charge is -2.03. The van der Waals surface area contributed by atoms with E-state index in [0.717, 1.165) is 0 Å². The van der Waals surface area contributed by atoms with Gasteiger partial charge in [0.25, 0.3) is 0 Å². The Labute approximate surface area is 100 Å². The van der Waals surface area contributed by atoms with Gasteiger partial charge >= 0.3 is 11.7 Å². The summed E-state index contributed by atoms with van der Waals surface area (Å²) in [4.78, 5) is 21.0. The Balaban J connectivity index is 2.55. The smallest absolute Gasteiger partial charge is 0.351 e. The van der Waals surface area contributed by atoms with Crippen molar-refractivity contribution in [2.24, 2.45) is 0 Å². The van der Waals surface area contributed by atoms with Gasteiger partial charge in [-0.2, -0.15) is 4.98 Å². The molecule has 1 aromatic carbocycles. The number of nitrogens with zero attached hydrogens (tertiary/aromatic N) is 2. The van der Waals surface area contributed by atoms with Crippen LogP contribution in [-0.2, 0) is 0 Å². The first kappa shape index (κ1) is 11.5. The number of H-pyrrole nitrogens is 1. The fraction of sp³-hybridized carbons (Fsp3) is 0.100. The van der Waals surface area contributed by atoms with Gasteiger partial charge in [-0.05, 0) is 18.2 Å². The summed E-state index contributed by atoms with van der Waals surface area (Å²) < 4.78 is 17.7. The number of halogens is 2. The summed E-state index contributed by atoms with van der Waals surface area (Å²) in [5.74, 6) is -0.331. The molecule has 0 saturated heterocycles. The van der Waals surface area contributed by atoms with Gasteiger partial charge in [-0.3, -0.25) is 4.98 Å². The first-order valence-corrected chi connectivity index (χ1v) is 4.95. The van der Waals surface area contributed by atoms with E-state index in [0.29, 0.717) is 5.56 Å². The van der Waals surface area contributed by atoms with Crippen molar-refractivity contribution < 1.29 is 9.13 Å². The van der Waals surface area contributed by atoms with Gasteiger partial charge in [0.2, 0.25) is 0 Å². The number of aromatic nitrogens is 3. The summed E-state index contributed by atoms with van der Waals surface area (Å²) >= 11 is 5.64. The third-order valence-corrected chi connectivity index (χ3v) is 2.30. The SMILES string of the molecule is COc1nc(-c2ccc(F)c(Cl)c2)[nH]c(=O)n1. The van der Waals surface area contributed by atoms with Crippen LogP contribution in [0.3, 0.4) is 0 Å². The Kier molecular flexibility index (Phi) is 3.06. The lowest BCUT2D eigenvalue weighted by molar-refractivity contribution is 0.377. The molecule has 0 fully saturated rings. The Hall–Kier alpha value is -1.95. The van der Waals surface area contributed by atoms with Gasteiger partial charge in [-0.15, -0.1) is 4.98 Å². The maximum atomic E-state index is 13.0. The largest absolute Gasteiger partial charge is 0.467 e. The molecule has 5 nitrogen and oxygen atoms in total. The average molecular weight is 256 g/mol. The van der Waals surface area contributed by atoms with E-state index >= 15 is 0 Å². The van der Waals surface area contributed by atoms with Crippen molar-refractivity contribution in [3.63, 3.8) is 0 Å². The van der Waals surface area contributed by atoms with Crippen molar-refractivity contribution >= 4 is 11.6 Å². The molecule has 0 atom stereocenters. The Morgan fingerprint density at radius 2 is 2.18 bits per heavy atom. The minimum absolute atomic E-state index is 0.0547. The highest BCUT2D eigenvalue weighted by Gasteiger charge is 2.08. The number of ether oxygens (including phenoxy) is 1. The van der Waals surface area contributed by atoms with Crippen molar-refractivity contribution in [3.05, 3.63) is 39.5 Å². The molecular formula is C10H7ClFN3O2. The monoisotopic (exact) mass is 255 g/mol. The molecule has 1 heterocycles. The van der Waals surface area contributed by atoms with Gasteiger partial charge in [-0.1, -0.05) is 11.6 Å². The lowest BCUT2D eigenvalue weighted by Crippen LogP contribution is -2.14. The minimum Gasteiger partial charge on any atom is -0.467 e. The highest BCUT2D eigenvalue weighted by molar-refractivity contribution is 6.31. The van der Waals surface area contributed by atoms with Crippen LogP contribution in [0.1, 0.15) is 0 Å². The predicted molar refractivity (Wildman–Crippen MR) is 59.6 cm³/mol. The summed E-state index contributed by atoms with van der Waals surface area (Å²) in [6.07, 6.45) is 0. The molecule has 1 aromatic heterocycles. The van der Waals surface area contributed by atoms with Crippen LogP contribution in [0.5, 0.6) is 6.01 Å². The molecule has 0 bridgehead atoms. The molecule has 2 aromatic rings. The molecule has 7 heteroatoms. The summed E-state index contributed by atoms with van der Waals surface area (Å²) in [5.41, 5.74) is -0.138. The molecule has 0 aliphatic carbocycles. The molecule has 2 rings (SSSR count). The van der Waals surface area contributed by atoms with Crippen LogP contribution < -0.4 is 10.4 Å². The fourth-order valence-electron chi connectivity index (χ4n) is 1.24. The first-order chi connectivity index (χ1) is 8.10. The highest BCUT2D eigenvalue weighted by atomic mass is 35.5. The van der Waals surface area contributed by atoms with Crippen LogP contribution in [0.2, 0.25) is 5.02 Å². The summed E-state index contributed by atoms with van der Waals surface area (Å²) in [6, 6.07) is 3.92. The number of methoxy groups -OCH3 is 1.